The number of carboxylic acid groups (broad SMARTS) is 1. The molecule has 2 aromatic carbocycles. The first-order chi connectivity index (χ1) is 13.6. The second kappa shape index (κ2) is 8.94. The Hall–Kier alpha value is -3.48. The van der Waals surface area contributed by atoms with Crippen molar-refractivity contribution in [1.29, 1.82) is 0 Å². The predicted molar refractivity (Wildman–Crippen MR) is 105 cm³/mol. The summed E-state index contributed by atoms with van der Waals surface area (Å²) in [5, 5.41) is 11.9. The van der Waals surface area contributed by atoms with Crippen molar-refractivity contribution >= 4 is 22.8 Å². The minimum Gasteiger partial charge on any atom is -0.481 e. The lowest BCUT2D eigenvalue weighted by atomic mass is 10.0. The topological polar surface area (TPSA) is 101 Å². The summed E-state index contributed by atoms with van der Waals surface area (Å²) in [5.74, 6) is -1.25. The Kier molecular flexibility index (Phi) is 6.16. The molecule has 1 aromatic heterocycles. The van der Waals surface area contributed by atoms with Crippen LogP contribution in [0.4, 0.5) is 0 Å². The predicted octanol–water partition coefficient (Wildman–Crippen LogP) is 2.16. The fraction of sp³-hybridized carbons (Fsp3) is 0.238. The molecule has 3 aromatic rings. The van der Waals surface area contributed by atoms with Gasteiger partial charge in [0, 0.05) is 19.4 Å². The Morgan fingerprint density at radius 3 is 2.54 bits per heavy atom. The average molecular weight is 379 g/mol. The van der Waals surface area contributed by atoms with Crippen molar-refractivity contribution in [2.75, 3.05) is 6.54 Å². The average Bonchev–Trinajstić information content (AvgIpc) is 2.71. The molecular formula is C21H21N3O4. The molecule has 144 valence electrons. The molecule has 0 aliphatic rings. The van der Waals surface area contributed by atoms with E-state index in [2.05, 4.69) is 10.3 Å². The molecule has 7 heteroatoms. The number of nitrogens with one attached hydrogen (secondary N) is 1. The van der Waals surface area contributed by atoms with E-state index < -0.39 is 12.0 Å². The number of rotatable bonds is 8. The van der Waals surface area contributed by atoms with Crippen LogP contribution in [-0.4, -0.2) is 33.1 Å². The molecule has 3 rings (SSSR count). The van der Waals surface area contributed by atoms with Crippen LogP contribution in [0.5, 0.6) is 0 Å². The first-order valence-corrected chi connectivity index (χ1v) is 9.05. The van der Waals surface area contributed by atoms with Crippen molar-refractivity contribution in [3.63, 3.8) is 0 Å². The van der Waals surface area contributed by atoms with E-state index in [9.17, 15) is 14.4 Å². The van der Waals surface area contributed by atoms with Crippen LogP contribution in [0.15, 0.2) is 65.7 Å². The van der Waals surface area contributed by atoms with Crippen molar-refractivity contribution in [2.24, 2.45) is 0 Å². The molecule has 0 saturated heterocycles. The van der Waals surface area contributed by atoms with Gasteiger partial charge >= 0.3 is 5.97 Å². The maximum atomic E-state index is 12.9. The molecule has 2 N–H and O–H groups in total. The van der Waals surface area contributed by atoms with Gasteiger partial charge in [0.2, 0.25) is 5.91 Å². The van der Waals surface area contributed by atoms with Crippen molar-refractivity contribution in [3.05, 3.63) is 76.8 Å². The molecule has 0 spiro atoms. The van der Waals surface area contributed by atoms with Gasteiger partial charge in [-0.2, -0.15) is 0 Å². The summed E-state index contributed by atoms with van der Waals surface area (Å²) in [4.78, 5) is 40.7. The third kappa shape index (κ3) is 4.62. The van der Waals surface area contributed by atoms with Crippen LogP contribution in [0.2, 0.25) is 0 Å². The quantitative estimate of drug-likeness (QED) is 0.584. The summed E-state index contributed by atoms with van der Waals surface area (Å²) in [7, 11) is 0. The van der Waals surface area contributed by atoms with Gasteiger partial charge in [0.1, 0.15) is 6.04 Å². The minimum atomic E-state index is -0.912. The van der Waals surface area contributed by atoms with Crippen LogP contribution >= 0.6 is 0 Å². The van der Waals surface area contributed by atoms with E-state index in [4.69, 9.17) is 5.11 Å². The molecular weight excluding hydrogens is 358 g/mol. The van der Waals surface area contributed by atoms with Crippen LogP contribution in [-0.2, 0) is 16.0 Å². The van der Waals surface area contributed by atoms with E-state index in [0.29, 0.717) is 23.7 Å². The van der Waals surface area contributed by atoms with Gasteiger partial charge in [-0.05, 0) is 24.1 Å². The van der Waals surface area contributed by atoms with Crippen LogP contribution in [0.1, 0.15) is 24.4 Å². The molecule has 1 heterocycles. The maximum Gasteiger partial charge on any atom is 0.303 e. The lowest BCUT2D eigenvalue weighted by Crippen LogP contribution is -2.39. The molecule has 0 radical (unpaired) electrons. The number of benzene rings is 2. The number of aromatic nitrogens is 2. The Labute approximate surface area is 161 Å². The second-order valence-corrected chi connectivity index (χ2v) is 6.47. The van der Waals surface area contributed by atoms with Gasteiger partial charge < -0.3 is 10.4 Å². The molecule has 1 amide bonds. The van der Waals surface area contributed by atoms with Gasteiger partial charge in [-0.1, -0.05) is 42.5 Å². The summed E-state index contributed by atoms with van der Waals surface area (Å²) in [5.41, 5.74) is 1.20. The molecule has 0 saturated carbocycles. The van der Waals surface area contributed by atoms with E-state index in [1.54, 1.807) is 24.3 Å². The summed E-state index contributed by atoms with van der Waals surface area (Å²) in [6, 6.07) is 15.6. The van der Waals surface area contributed by atoms with E-state index in [-0.39, 0.29) is 24.4 Å². The van der Waals surface area contributed by atoms with Crippen molar-refractivity contribution in [1.82, 2.24) is 14.9 Å². The zero-order chi connectivity index (χ0) is 19.9. The van der Waals surface area contributed by atoms with Gasteiger partial charge in [0.05, 0.1) is 17.2 Å². The molecule has 0 aliphatic heterocycles. The monoisotopic (exact) mass is 379 g/mol. The van der Waals surface area contributed by atoms with E-state index in [1.165, 1.54) is 10.9 Å². The molecule has 0 fully saturated rings. The van der Waals surface area contributed by atoms with Crippen molar-refractivity contribution in [2.45, 2.75) is 25.3 Å². The van der Waals surface area contributed by atoms with E-state index in [0.717, 1.165) is 5.56 Å². The van der Waals surface area contributed by atoms with Crippen molar-refractivity contribution < 1.29 is 14.7 Å². The number of amides is 1. The smallest absolute Gasteiger partial charge is 0.303 e. The SMILES string of the molecule is O=C(O)CCCNC(=O)[C@H](Cc1ccccc1)n1cnc2ccccc2c1=O. The third-order valence-corrected chi connectivity index (χ3v) is 4.47. The Bertz CT molecular complexity index is 1030. The van der Waals surface area contributed by atoms with E-state index >= 15 is 0 Å². The molecule has 0 bridgehead atoms. The maximum absolute atomic E-state index is 12.9. The van der Waals surface area contributed by atoms with Gasteiger partial charge in [0.25, 0.3) is 5.56 Å². The molecule has 7 nitrogen and oxygen atoms in total. The van der Waals surface area contributed by atoms with Gasteiger partial charge in [0.15, 0.2) is 0 Å². The Morgan fingerprint density at radius 2 is 1.79 bits per heavy atom. The van der Waals surface area contributed by atoms with Gasteiger partial charge in [-0.25, -0.2) is 4.98 Å². The number of carboxylic acids is 1. The highest BCUT2D eigenvalue weighted by molar-refractivity contribution is 5.82. The number of para-hydroxylation sites is 1. The molecule has 28 heavy (non-hydrogen) atoms. The highest BCUT2D eigenvalue weighted by Crippen LogP contribution is 2.15. The third-order valence-electron chi connectivity index (χ3n) is 4.47. The summed E-state index contributed by atoms with van der Waals surface area (Å²) >= 11 is 0. The lowest BCUT2D eigenvalue weighted by molar-refractivity contribution is -0.137. The fourth-order valence-corrected chi connectivity index (χ4v) is 3.03. The van der Waals surface area contributed by atoms with E-state index in [1.807, 2.05) is 30.3 Å². The number of hydrogen-bond donors (Lipinski definition) is 2. The Morgan fingerprint density at radius 1 is 1.07 bits per heavy atom. The normalized spacial score (nSPS) is 11.9. The number of hydrogen-bond acceptors (Lipinski definition) is 4. The lowest BCUT2D eigenvalue weighted by Gasteiger charge is -2.19. The van der Waals surface area contributed by atoms with Gasteiger partial charge in [-0.15, -0.1) is 0 Å². The summed E-state index contributed by atoms with van der Waals surface area (Å²) in [6.07, 6.45) is 2.02. The van der Waals surface area contributed by atoms with Crippen LogP contribution < -0.4 is 10.9 Å². The zero-order valence-electron chi connectivity index (χ0n) is 15.2. The largest absolute Gasteiger partial charge is 0.481 e. The van der Waals surface area contributed by atoms with Crippen molar-refractivity contribution in [3.8, 4) is 0 Å². The first kappa shape index (κ1) is 19.3. The second-order valence-electron chi connectivity index (χ2n) is 6.47. The molecule has 0 aliphatic carbocycles. The summed E-state index contributed by atoms with van der Waals surface area (Å²) < 4.78 is 1.35. The van der Waals surface area contributed by atoms with Crippen LogP contribution in [0.25, 0.3) is 10.9 Å². The van der Waals surface area contributed by atoms with Gasteiger partial charge in [-0.3, -0.25) is 19.0 Å². The van der Waals surface area contributed by atoms with Crippen LogP contribution in [0, 0.1) is 0 Å². The number of nitrogens with zero attached hydrogens (tertiary/aromatic N) is 2. The molecule has 1 atom stereocenters. The first-order valence-electron chi connectivity index (χ1n) is 9.05. The highest BCUT2D eigenvalue weighted by atomic mass is 16.4. The molecule has 0 unspecified atom stereocenters. The minimum absolute atomic E-state index is 0.0267. The number of carbonyl (C=O) groups excluding carboxylic acids is 1. The number of aliphatic carboxylic acids is 1. The number of fused-ring (bicyclic) bond motifs is 1. The fourth-order valence-electron chi connectivity index (χ4n) is 3.03. The summed E-state index contributed by atoms with van der Waals surface area (Å²) in [6.45, 7) is 0.228. The van der Waals surface area contributed by atoms with Crippen LogP contribution in [0.3, 0.4) is 0 Å². The number of carbonyl (C=O) groups is 2. The Balaban J connectivity index is 1.90. The standard InChI is InChI=1S/C21H21N3O4/c25-19(26)11-6-12-22-20(27)18(13-15-7-2-1-3-8-15)24-14-23-17-10-5-4-9-16(17)21(24)28/h1-5,7-10,14,18H,6,11-13H2,(H,22,27)(H,25,26)/t18-/m0/s1. The zero-order valence-corrected chi connectivity index (χ0v) is 15.2. The highest BCUT2D eigenvalue weighted by Gasteiger charge is 2.23.